The monoisotopic (exact) mass is 230 g/mol. The predicted octanol–water partition coefficient (Wildman–Crippen LogP) is -0.548. The van der Waals surface area contributed by atoms with Gasteiger partial charge >= 0.3 is 0 Å². The van der Waals surface area contributed by atoms with Crippen LogP contribution in [0, 0.1) is 5.92 Å². The number of carbonyl (C=O) groups is 1. The van der Waals surface area contributed by atoms with Crippen LogP contribution in [-0.2, 0) is 9.53 Å². The number of rotatable bonds is 5. The van der Waals surface area contributed by atoms with Crippen LogP contribution in [0.15, 0.2) is 0 Å². The van der Waals surface area contributed by atoms with Gasteiger partial charge < -0.3 is 15.2 Å². The summed E-state index contributed by atoms with van der Waals surface area (Å²) in [6.45, 7) is 7.59. The van der Waals surface area contributed by atoms with Gasteiger partial charge in [-0.15, -0.1) is 0 Å². The fourth-order valence-corrected chi connectivity index (χ4v) is 1.47. The van der Waals surface area contributed by atoms with E-state index in [1.807, 2.05) is 13.8 Å². The van der Waals surface area contributed by atoms with Crippen molar-refractivity contribution in [1.82, 2.24) is 10.2 Å². The summed E-state index contributed by atoms with van der Waals surface area (Å²) < 4.78 is 5.20. The van der Waals surface area contributed by atoms with Gasteiger partial charge in [-0.1, -0.05) is 13.8 Å². The summed E-state index contributed by atoms with van der Waals surface area (Å²) in [5, 5.41) is 12.3. The Kier molecular flexibility index (Phi) is 5.73. The number of amides is 1. The lowest BCUT2D eigenvalue weighted by molar-refractivity contribution is -0.123. The Labute approximate surface area is 96.8 Å². The van der Waals surface area contributed by atoms with Crippen molar-refractivity contribution in [2.24, 2.45) is 5.92 Å². The van der Waals surface area contributed by atoms with Gasteiger partial charge in [0.25, 0.3) is 0 Å². The van der Waals surface area contributed by atoms with Crippen LogP contribution in [0.4, 0.5) is 0 Å². The van der Waals surface area contributed by atoms with Crippen molar-refractivity contribution in [3.05, 3.63) is 0 Å². The first-order valence-corrected chi connectivity index (χ1v) is 5.84. The molecular formula is C11H22N2O3. The molecule has 1 unspecified atom stereocenters. The summed E-state index contributed by atoms with van der Waals surface area (Å²) in [7, 11) is 0. The average Bonchev–Trinajstić information content (AvgIpc) is 2.27. The molecule has 0 aromatic carbocycles. The molecule has 1 fully saturated rings. The number of morpholine rings is 1. The first-order valence-electron chi connectivity index (χ1n) is 5.84. The average molecular weight is 230 g/mol. The van der Waals surface area contributed by atoms with E-state index in [9.17, 15) is 9.90 Å². The third-order valence-corrected chi connectivity index (χ3v) is 2.75. The van der Waals surface area contributed by atoms with Crippen LogP contribution < -0.4 is 5.32 Å². The third kappa shape index (κ3) is 4.92. The Bertz CT molecular complexity index is 215. The molecule has 1 rings (SSSR count). The maximum atomic E-state index is 11.5. The summed E-state index contributed by atoms with van der Waals surface area (Å²) in [4.78, 5) is 13.6. The maximum Gasteiger partial charge on any atom is 0.234 e. The zero-order valence-corrected chi connectivity index (χ0v) is 10.1. The Morgan fingerprint density at radius 1 is 1.44 bits per heavy atom. The molecule has 1 aliphatic rings. The first kappa shape index (κ1) is 13.4. The van der Waals surface area contributed by atoms with Gasteiger partial charge in [-0.3, -0.25) is 9.69 Å². The number of nitrogens with one attached hydrogen (secondary N) is 1. The minimum Gasteiger partial charge on any atom is -0.391 e. The molecule has 1 atom stereocenters. The summed E-state index contributed by atoms with van der Waals surface area (Å²) in [5.74, 6) is 0.144. The number of aliphatic hydroxyl groups is 1. The summed E-state index contributed by atoms with van der Waals surface area (Å²) >= 11 is 0. The van der Waals surface area contributed by atoms with E-state index in [0.717, 1.165) is 13.1 Å². The molecule has 1 saturated heterocycles. The molecule has 0 aliphatic carbocycles. The summed E-state index contributed by atoms with van der Waals surface area (Å²) in [6, 6.07) is 0. The lowest BCUT2D eigenvalue weighted by Crippen LogP contribution is -2.45. The topological polar surface area (TPSA) is 61.8 Å². The molecule has 5 heteroatoms. The molecule has 1 aliphatic heterocycles. The Balaban J connectivity index is 2.14. The van der Waals surface area contributed by atoms with Crippen molar-refractivity contribution in [3.8, 4) is 0 Å². The van der Waals surface area contributed by atoms with Crippen molar-refractivity contribution in [2.45, 2.75) is 20.0 Å². The van der Waals surface area contributed by atoms with Gasteiger partial charge in [-0.25, -0.2) is 0 Å². The number of hydrogen-bond donors (Lipinski definition) is 2. The maximum absolute atomic E-state index is 11.5. The third-order valence-electron chi connectivity index (χ3n) is 2.75. The lowest BCUT2D eigenvalue weighted by Gasteiger charge is -2.26. The number of hydrogen-bond acceptors (Lipinski definition) is 4. The number of aliphatic hydroxyl groups excluding tert-OH is 1. The minimum absolute atomic E-state index is 0.0263. The smallest absolute Gasteiger partial charge is 0.234 e. The normalized spacial score (nSPS) is 19.8. The Morgan fingerprint density at radius 2 is 2.06 bits per heavy atom. The quantitative estimate of drug-likeness (QED) is 0.665. The van der Waals surface area contributed by atoms with Crippen LogP contribution in [0.5, 0.6) is 0 Å². The van der Waals surface area contributed by atoms with Crippen LogP contribution in [0.2, 0.25) is 0 Å². The second-order valence-corrected chi connectivity index (χ2v) is 4.50. The first-order chi connectivity index (χ1) is 7.59. The molecule has 0 saturated carbocycles. The Morgan fingerprint density at radius 3 is 2.62 bits per heavy atom. The fraction of sp³-hybridized carbons (Fsp3) is 0.909. The molecule has 16 heavy (non-hydrogen) atoms. The standard InChI is InChI=1S/C11H22N2O3/c1-9(2)10(14)7-12-11(15)8-13-3-5-16-6-4-13/h9-10,14H,3-8H2,1-2H3,(H,12,15). The van der Waals surface area contributed by atoms with Gasteiger partial charge in [0.1, 0.15) is 0 Å². The zero-order chi connectivity index (χ0) is 12.0. The van der Waals surface area contributed by atoms with E-state index in [1.165, 1.54) is 0 Å². The van der Waals surface area contributed by atoms with Crippen LogP contribution in [-0.4, -0.2) is 61.4 Å². The van der Waals surface area contributed by atoms with Crippen molar-refractivity contribution in [3.63, 3.8) is 0 Å². The van der Waals surface area contributed by atoms with E-state index in [-0.39, 0.29) is 11.8 Å². The second kappa shape index (κ2) is 6.83. The SMILES string of the molecule is CC(C)C(O)CNC(=O)CN1CCOCC1. The van der Waals surface area contributed by atoms with E-state index in [0.29, 0.717) is 26.3 Å². The van der Waals surface area contributed by atoms with Crippen LogP contribution >= 0.6 is 0 Å². The van der Waals surface area contributed by atoms with E-state index >= 15 is 0 Å². The number of carbonyl (C=O) groups excluding carboxylic acids is 1. The van der Waals surface area contributed by atoms with E-state index in [2.05, 4.69) is 10.2 Å². The molecule has 1 amide bonds. The van der Waals surface area contributed by atoms with Gasteiger partial charge in [0.15, 0.2) is 0 Å². The van der Waals surface area contributed by atoms with Crippen LogP contribution in [0.1, 0.15) is 13.8 Å². The zero-order valence-electron chi connectivity index (χ0n) is 10.1. The summed E-state index contributed by atoms with van der Waals surface area (Å²) in [6.07, 6.45) is -0.464. The van der Waals surface area contributed by atoms with Gasteiger partial charge in [0.2, 0.25) is 5.91 Å². The predicted molar refractivity (Wildman–Crippen MR) is 61.1 cm³/mol. The number of ether oxygens (including phenoxy) is 1. The lowest BCUT2D eigenvalue weighted by atomic mass is 10.1. The molecular weight excluding hydrogens is 208 g/mol. The van der Waals surface area contributed by atoms with Gasteiger partial charge in [0, 0.05) is 19.6 Å². The highest BCUT2D eigenvalue weighted by atomic mass is 16.5. The van der Waals surface area contributed by atoms with E-state index in [1.54, 1.807) is 0 Å². The van der Waals surface area contributed by atoms with Crippen molar-refractivity contribution in [1.29, 1.82) is 0 Å². The van der Waals surface area contributed by atoms with Crippen molar-refractivity contribution in [2.75, 3.05) is 39.4 Å². The molecule has 2 N–H and O–H groups in total. The summed E-state index contributed by atoms with van der Waals surface area (Å²) in [5.41, 5.74) is 0. The largest absolute Gasteiger partial charge is 0.391 e. The van der Waals surface area contributed by atoms with E-state index < -0.39 is 6.10 Å². The second-order valence-electron chi connectivity index (χ2n) is 4.50. The van der Waals surface area contributed by atoms with E-state index in [4.69, 9.17) is 4.74 Å². The molecule has 5 nitrogen and oxygen atoms in total. The molecule has 0 spiro atoms. The molecule has 0 aromatic heterocycles. The molecule has 0 bridgehead atoms. The highest BCUT2D eigenvalue weighted by Gasteiger charge is 2.15. The molecule has 94 valence electrons. The van der Waals surface area contributed by atoms with Crippen molar-refractivity contribution >= 4 is 5.91 Å². The van der Waals surface area contributed by atoms with Crippen LogP contribution in [0.25, 0.3) is 0 Å². The fourth-order valence-electron chi connectivity index (χ4n) is 1.47. The Hall–Kier alpha value is -0.650. The van der Waals surface area contributed by atoms with Gasteiger partial charge in [-0.05, 0) is 5.92 Å². The van der Waals surface area contributed by atoms with Crippen molar-refractivity contribution < 1.29 is 14.6 Å². The molecule has 0 radical (unpaired) electrons. The van der Waals surface area contributed by atoms with Gasteiger partial charge in [0.05, 0.1) is 25.9 Å². The highest BCUT2D eigenvalue weighted by molar-refractivity contribution is 5.78. The number of nitrogens with zero attached hydrogens (tertiary/aromatic N) is 1. The van der Waals surface area contributed by atoms with Crippen LogP contribution in [0.3, 0.4) is 0 Å². The molecule has 1 heterocycles. The molecule has 0 aromatic rings. The van der Waals surface area contributed by atoms with Gasteiger partial charge in [-0.2, -0.15) is 0 Å². The highest BCUT2D eigenvalue weighted by Crippen LogP contribution is 1.99. The minimum atomic E-state index is -0.464.